The number of rotatable bonds is 2. The van der Waals surface area contributed by atoms with Crippen molar-refractivity contribution in [3.63, 3.8) is 0 Å². The molecule has 3 rings (SSSR count). The fourth-order valence-corrected chi connectivity index (χ4v) is 2.89. The van der Waals surface area contributed by atoms with Crippen LogP contribution in [0.4, 0.5) is 8.78 Å². The lowest BCUT2D eigenvalue weighted by Crippen LogP contribution is -2.26. The molecule has 0 aromatic heterocycles. The Labute approximate surface area is 110 Å². The Kier molecular flexibility index (Phi) is 2.87. The van der Waals surface area contributed by atoms with Crippen LogP contribution in [0.1, 0.15) is 18.0 Å². The number of benzene rings is 1. The van der Waals surface area contributed by atoms with Crippen LogP contribution in [0.2, 0.25) is 0 Å². The topological polar surface area (TPSA) is 47.7 Å². The summed E-state index contributed by atoms with van der Waals surface area (Å²) < 4.78 is 35.5. The Morgan fingerprint density at radius 3 is 2.89 bits per heavy atom. The highest BCUT2D eigenvalue weighted by Crippen LogP contribution is 2.48. The number of para-hydroxylation sites is 1. The lowest BCUT2D eigenvalue weighted by molar-refractivity contribution is -0.287. The maximum Gasteiger partial charge on any atom is 0.586 e. The highest BCUT2D eigenvalue weighted by atomic mass is 19.3. The van der Waals surface area contributed by atoms with Crippen molar-refractivity contribution in [3.05, 3.63) is 23.8 Å². The van der Waals surface area contributed by atoms with E-state index in [1.54, 1.807) is 6.07 Å². The van der Waals surface area contributed by atoms with Gasteiger partial charge in [0.2, 0.25) is 0 Å². The molecule has 2 atom stereocenters. The summed E-state index contributed by atoms with van der Waals surface area (Å²) in [6.07, 6.45) is -2.72. The molecule has 0 amide bonds. The van der Waals surface area contributed by atoms with Crippen molar-refractivity contribution in [2.45, 2.75) is 18.8 Å². The molecular formula is C13H16F2N2O2. The molecule has 1 aromatic carbocycles. The molecule has 1 fully saturated rings. The zero-order chi connectivity index (χ0) is 13.6. The summed E-state index contributed by atoms with van der Waals surface area (Å²) in [5, 5.41) is 0. The van der Waals surface area contributed by atoms with Crippen molar-refractivity contribution in [1.29, 1.82) is 0 Å². The van der Waals surface area contributed by atoms with E-state index in [-0.39, 0.29) is 17.5 Å². The van der Waals surface area contributed by atoms with E-state index in [2.05, 4.69) is 14.4 Å². The van der Waals surface area contributed by atoms with E-state index in [1.165, 1.54) is 6.07 Å². The number of likely N-dealkylation sites (tertiary alicyclic amines) is 1. The third-order valence-electron chi connectivity index (χ3n) is 3.79. The van der Waals surface area contributed by atoms with Crippen LogP contribution < -0.4 is 15.2 Å². The summed E-state index contributed by atoms with van der Waals surface area (Å²) in [4.78, 5) is 2.12. The monoisotopic (exact) mass is 270 g/mol. The fourth-order valence-electron chi connectivity index (χ4n) is 2.89. The van der Waals surface area contributed by atoms with Crippen LogP contribution in [0, 0.1) is 5.92 Å². The van der Waals surface area contributed by atoms with E-state index in [0.29, 0.717) is 12.5 Å². The van der Waals surface area contributed by atoms with E-state index in [9.17, 15) is 8.78 Å². The van der Waals surface area contributed by atoms with Crippen molar-refractivity contribution < 1.29 is 18.3 Å². The third-order valence-corrected chi connectivity index (χ3v) is 3.79. The van der Waals surface area contributed by atoms with Crippen LogP contribution in [0.3, 0.4) is 0 Å². The smallest absolute Gasteiger partial charge is 0.395 e. The first kappa shape index (κ1) is 12.6. The second-order valence-electron chi connectivity index (χ2n) is 5.13. The molecule has 0 radical (unpaired) electrons. The molecular weight excluding hydrogens is 254 g/mol. The zero-order valence-electron chi connectivity index (χ0n) is 10.6. The number of halogens is 2. The van der Waals surface area contributed by atoms with E-state index >= 15 is 0 Å². The average Bonchev–Trinajstić information content (AvgIpc) is 2.86. The van der Waals surface area contributed by atoms with Gasteiger partial charge in [-0.1, -0.05) is 12.1 Å². The number of nitrogens with two attached hydrogens (primary N) is 1. The minimum Gasteiger partial charge on any atom is -0.395 e. The molecule has 2 aliphatic heterocycles. The van der Waals surface area contributed by atoms with Gasteiger partial charge in [-0.3, -0.25) is 4.90 Å². The predicted molar refractivity (Wildman–Crippen MR) is 65.2 cm³/mol. The van der Waals surface area contributed by atoms with Crippen LogP contribution in [0.25, 0.3) is 0 Å². The Morgan fingerprint density at radius 2 is 2.21 bits per heavy atom. The average molecular weight is 270 g/mol. The molecule has 0 aliphatic carbocycles. The van der Waals surface area contributed by atoms with Crippen molar-refractivity contribution in [2.24, 2.45) is 11.7 Å². The standard InChI is InChI=1S/C13H16F2N2O2/c1-17-7-8(6-16)5-10(17)9-3-2-4-11-12(9)19-13(14,15)18-11/h2-4,8,10H,5-7,16H2,1H3. The predicted octanol–water partition coefficient (Wildman–Crippen LogP) is 1.96. The van der Waals surface area contributed by atoms with Gasteiger partial charge < -0.3 is 15.2 Å². The third kappa shape index (κ3) is 2.15. The second kappa shape index (κ2) is 4.31. The van der Waals surface area contributed by atoms with Gasteiger partial charge in [-0.05, 0) is 32.0 Å². The normalized spacial score (nSPS) is 28.8. The van der Waals surface area contributed by atoms with Crippen LogP contribution in [0.5, 0.6) is 11.5 Å². The van der Waals surface area contributed by atoms with Gasteiger partial charge in [0.15, 0.2) is 11.5 Å². The van der Waals surface area contributed by atoms with E-state index in [4.69, 9.17) is 5.73 Å². The molecule has 1 saturated heterocycles. The maximum atomic E-state index is 13.2. The van der Waals surface area contributed by atoms with E-state index < -0.39 is 6.29 Å². The van der Waals surface area contributed by atoms with Crippen LogP contribution in [-0.2, 0) is 0 Å². The Hall–Kier alpha value is -1.40. The molecule has 4 nitrogen and oxygen atoms in total. The van der Waals surface area contributed by atoms with Gasteiger partial charge in [-0.25, -0.2) is 0 Å². The Balaban J connectivity index is 1.94. The molecule has 2 heterocycles. The summed E-state index contributed by atoms with van der Waals surface area (Å²) in [5.41, 5.74) is 6.43. The summed E-state index contributed by atoms with van der Waals surface area (Å²) >= 11 is 0. The van der Waals surface area contributed by atoms with Crippen molar-refractivity contribution >= 4 is 0 Å². The highest BCUT2D eigenvalue weighted by molar-refractivity contribution is 5.50. The molecule has 0 saturated carbocycles. The fraction of sp³-hybridized carbons (Fsp3) is 0.538. The van der Waals surface area contributed by atoms with Crippen molar-refractivity contribution in [3.8, 4) is 11.5 Å². The Morgan fingerprint density at radius 1 is 1.42 bits per heavy atom. The molecule has 6 heteroatoms. The number of hydrogen-bond acceptors (Lipinski definition) is 4. The van der Waals surface area contributed by atoms with Gasteiger partial charge >= 0.3 is 6.29 Å². The van der Waals surface area contributed by atoms with Gasteiger partial charge in [0.05, 0.1) is 0 Å². The van der Waals surface area contributed by atoms with Crippen LogP contribution in [-0.4, -0.2) is 31.3 Å². The first-order valence-electron chi connectivity index (χ1n) is 6.29. The van der Waals surface area contributed by atoms with E-state index in [1.807, 2.05) is 13.1 Å². The van der Waals surface area contributed by atoms with E-state index in [0.717, 1.165) is 18.5 Å². The quantitative estimate of drug-likeness (QED) is 0.892. The number of hydrogen-bond donors (Lipinski definition) is 1. The second-order valence-corrected chi connectivity index (χ2v) is 5.13. The van der Waals surface area contributed by atoms with Gasteiger partial charge in [-0.15, -0.1) is 8.78 Å². The van der Waals surface area contributed by atoms with Gasteiger partial charge in [0, 0.05) is 18.2 Å². The maximum absolute atomic E-state index is 13.2. The minimum atomic E-state index is -3.57. The van der Waals surface area contributed by atoms with Gasteiger partial charge in [0.25, 0.3) is 0 Å². The SMILES string of the molecule is CN1CC(CN)CC1c1cccc2c1OC(F)(F)O2. The minimum absolute atomic E-state index is 0.0426. The lowest BCUT2D eigenvalue weighted by Gasteiger charge is -2.20. The summed E-state index contributed by atoms with van der Waals surface area (Å²) in [6, 6.07) is 5.06. The van der Waals surface area contributed by atoms with Crippen molar-refractivity contribution in [2.75, 3.05) is 20.1 Å². The molecule has 19 heavy (non-hydrogen) atoms. The zero-order valence-corrected chi connectivity index (χ0v) is 10.6. The summed E-state index contributed by atoms with van der Waals surface area (Å²) in [5.74, 6) is 0.641. The highest BCUT2D eigenvalue weighted by Gasteiger charge is 2.46. The van der Waals surface area contributed by atoms with Crippen LogP contribution >= 0.6 is 0 Å². The molecule has 2 N–H and O–H groups in total. The summed E-state index contributed by atoms with van der Waals surface area (Å²) in [6.45, 7) is 1.46. The number of ether oxygens (including phenoxy) is 2. The molecule has 1 aromatic rings. The number of fused-ring (bicyclic) bond motifs is 1. The number of alkyl halides is 2. The molecule has 0 spiro atoms. The van der Waals surface area contributed by atoms with Crippen LogP contribution in [0.15, 0.2) is 18.2 Å². The molecule has 104 valence electrons. The molecule has 2 unspecified atom stereocenters. The largest absolute Gasteiger partial charge is 0.586 e. The number of nitrogens with zero attached hydrogens (tertiary/aromatic N) is 1. The molecule has 0 bridgehead atoms. The van der Waals surface area contributed by atoms with Gasteiger partial charge in [-0.2, -0.15) is 0 Å². The Bertz CT molecular complexity index is 496. The van der Waals surface area contributed by atoms with Gasteiger partial charge in [0.1, 0.15) is 0 Å². The molecule has 2 aliphatic rings. The summed E-state index contributed by atoms with van der Waals surface area (Å²) in [7, 11) is 1.97. The first-order chi connectivity index (χ1) is 9.00. The lowest BCUT2D eigenvalue weighted by atomic mass is 9.99. The van der Waals surface area contributed by atoms with Crippen molar-refractivity contribution in [1.82, 2.24) is 4.90 Å². The first-order valence-corrected chi connectivity index (χ1v) is 6.29.